The molecule has 17 heavy (non-hydrogen) atoms. The van der Waals surface area contributed by atoms with E-state index in [0.29, 0.717) is 5.57 Å². The molecule has 0 saturated carbocycles. The summed E-state index contributed by atoms with van der Waals surface area (Å²) in [5.74, 6) is -0.279. The summed E-state index contributed by atoms with van der Waals surface area (Å²) in [4.78, 5) is 13.5. The summed E-state index contributed by atoms with van der Waals surface area (Å²) >= 11 is 0. The van der Waals surface area contributed by atoms with Crippen LogP contribution in [0.4, 0.5) is 5.69 Å². The molecule has 0 atom stereocenters. The molecule has 1 aromatic carbocycles. The van der Waals surface area contributed by atoms with Gasteiger partial charge in [-0.25, -0.2) is 4.79 Å². The highest BCUT2D eigenvalue weighted by Crippen LogP contribution is 2.21. The van der Waals surface area contributed by atoms with Crippen molar-refractivity contribution in [2.45, 2.75) is 13.8 Å². The summed E-state index contributed by atoms with van der Waals surface area (Å²) in [6, 6.07) is 8.08. The molecule has 3 nitrogen and oxygen atoms in total. The molecule has 1 aromatic rings. The minimum Gasteiger partial charge on any atom is -0.466 e. The molecule has 0 fully saturated rings. The fourth-order valence-corrected chi connectivity index (χ4v) is 1.53. The van der Waals surface area contributed by atoms with Crippen molar-refractivity contribution in [2.24, 2.45) is 0 Å². The highest BCUT2D eigenvalue weighted by Gasteiger charge is 2.09. The van der Waals surface area contributed by atoms with E-state index in [1.54, 1.807) is 6.92 Å². The Morgan fingerprint density at radius 1 is 1.12 bits per heavy atom. The van der Waals surface area contributed by atoms with Crippen LogP contribution < -0.4 is 4.90 Å². The lowest BCUT2D eigenvalue weighted by Crippen LogP contribution is -2.08. The number of hydrogen-bond donors (Lipinski definition) is 0. The monoisotopic (exact) mass is 233 g/mol. The van der Waals surface area contributed by atoms with Crippen LogP contribution in [0, 0.1) is 0 Å². The first-order valence-electron chi connectivity index (χ1n) is 5.51. The van der Waals surface area contributed by atoms with Crippen molar-refractivity contribution < 1.29 is 9.53 Å². The number of ether oxygens (including phenoxy) is 1. The lowest BCUT2D eigenvalue weighted by molar-refractivity contribution is -0.135. The van der Waals surface area contributed by atoms with E-state index < -0.39 is 0 Å². The molecule has 0 amide bonds. The molecule has 0 N–H and O–H groups in total. The lowest BCUT2D eigenvalue weighted by atomic mass is 10.0. The molecule has 0 unspecified atom stereocenters. The minimum absolute atomic E-state index is 0.279. The number of carbonyl (C=O) groups excluding carboxylic acids is 1. The summed E-state index contributed by atoms with van der Waals surface area (Å²) in [5.41, 5.74) is 3.77. The zero-order chi connectivity index (χ0) is 13.0. The predicted octanol–water partition coefficient (Wildman–Crippen LogP) is 2.72. The average Bonchev–Trinajstić information content (AvgIpc) is 2.36. The van der Waals surface area contributed by atoms with Crippen molar-refractivity contribution in [1.29, 1.82) is 0 Å². The number of nitrogens with zero attached hydrogens (tertiary/aromatic N) is 1. The van der Waals surface area contributed by atoms with Gasteiger partial charge in [-0.3, -0.25) is 0 Å². The molecule has 0 aliphatic rings. The summed E-state index contributed by atoms with van der Waals surface area (Å²) in [5, 5.41) is 0. The molecule has 0 heterocycles. The van der Waals surface area contributed by atoms with Gasteiger partial charge in [0.25, 0.3) is 0 Å². The second-order valence-corrected chi connectivity index (χ2v) is 4.18. The van der Waals surface area contributed by atoms with Gasteiger partial charge in [-0.15, -0.1) is 0 Å². The van der Waals surface area contributed by atoms with Gasteiger partial charge in [0.15, 0.2) is 0 Å². The van der Waals surface area contributed by atoms with E-state index in [4.69, 9.17) is 4.74 Å². The Morgan fingerprint density at radius 2 is 1.65 bits per heavy atom. The minimum atomic E-state index is -0.279. The number of hydrogen-bond acceptors (Lipinski definition) is 3. The van der Waals surface area contributed by atoms with Gasteiger partial charge in [0.2, 0.25) is 0 Å². The van der Waals surface area contributed by atoms with Crippen molar-refractivity contribution in [3.05, 3.63) is 35.4 Å². The topological polar surface area (TPSA) is 29.5 Å². The van der Waals surface area contributed by atoms with Crippen LogP contribution in [0.2, 0.25) is 0 Å². The predicted molar refractivity (Wildman–Crippen MR) is 71.1 cm³/mol. The quantitative estimate of drug-likeness (QED) is 0.594. The smallest absolute Gasteiger partial charge is 0.333 e. The van der Waals surface area contributed by atoms with Gasteiger partial charge in [0, 0.05) is 25.4 Å². The zero-order valence-electron chi connectivity index (χ0n) is 11.1. The number of carbonyl (C=O) groups is 1. The van der Waals surface area contributed by atoms with Crippen molar-refractivity contribution in [3.63, 3.8) is 0 Å². The molecular formula is C14H19NO2. The molecule has 0 aliphatic heterocycles. The number of anilines is 1. The van der Waals surface area contributed by atoms with Gasteiger partial charge in [0.05, 0.1) is 7.11 Å². The van der Waals surface area contributed by atoms with Crippen LogP contribution in [0.25, 0.3) is 5.57 Å². The Hall–Kier alpha value is -1.77. The third-order valence-corrected chi connectivity index (χ3v) is 2.87. The number of methoxy groups -OCH3 is 1. The second kappa shape index (κ2) is 5.53. The van der Waals surface area contributed by atoms with Crippen molar-refractivity contribution >= 4 is 17.2 Å². The SMILES string of the molecule is COC(=O)/C(C)=C(\C)c1ccc(N(C)C)cc1. The van der Waals surface area contributed by atoms with Crippen LogP contribution in [0.15, 0.2) is 29.8 Å². The van der Waals surface area contributed by atoms with Gasteiger partial charge in [-0.05, 0) is 37.1 Å². The Morgan fingerprint density at radius 3 is 2.06 bits per heavy atom. The summed E-state index contributed by atoms with van der Waals surface area (Å²) in [6.07, 6.45) is 0. The van der Waals surface area contributed by atoms with Gasteiger partial charge in [0.1, 0.15) is 0 Å². The maximum absolute atomic E-state index is 11.4. The Balaban J connectivity index is 3.05. The maximum atomic E-state index is 11.4. The number of benzene rings is 1. The summed E-state index contributed by atoms with van der Waals surface area (Å²) in [7, 11) is 5.39. The first-order chi connectivity index (χ1) is 7.97. The van der Waals surface area contributed by atoms with E-state index in [2.05, 4.69) is 0 Å². The molecule has 1 rings (SSSR count). The van der Waals surface area contributed by atoms with Gasteiger partial charge in [-0.1, -0.05) is 12.1 Å². The summed E-state index contributed by atoms with van der Waals surface area (Å²) in [6.45, 7) is 3.71. The van der Waals surface area contributed by atoms with Crippen molar-refractivity contribution in [2.75, 3.05) is 26.1 Å². The molecule has 0 radical (unpaired) electrons. The van der Waals surface area contributed by atoms with E-state index in [-0.39, 0.29) is 5.97 Å². The van der Waals surface area contributed by atoms with Crippen LogP contribution in [-0.4, -0.2) is 27.2 Å². The van der Waals surface area contributed by atoms with E-state index in [1.807, 2.05) is 50.2 Å². The lowest BCUT2D eigenvalue weighted by Gasteiger charge is -2.13. The third kappa shape index (κ3) is 3.09. The standard InChI is InChI=1S/C14H19NO2/c1-10(11(2)14(16)17-5)12-6-8-13(9-7-12)15(3)4/h6-9H,1-5H3/b11-10+. The van der Waals surface area contributed by atoms with Crippen molar-refractivity contribution in [1.82, 2.24) is 0 Å². The highest BCUT2D eigenvalue weighted by atomic mass is 16.5. The first-order valence-corrected chi connectivity index (χ1v) is 5.51. The molecule has 0 aliphatic carbocycles. The second-order valence-electron chi connectivity index (χ2n) is 4.18. The molecule has 92 valence electrons. The normalized spacial score (nSPS) is 11.8. The van der Waals surface area contributed by atoms with E-state index in [1.165, 1.54) is 7.11 Å². The average molecular weight is 233 g/mol. The molecule has 0 spiro atoms. The van der Waals surface area contributed by atoms with E-state index in [9.17, 15) is 4.79 Å². The Labute approximate surface area is 103 Å². The highest BCUT2D eigenvalue weighted by molar-refractivity contribution is 5.96. The number of allylic oxidation sites excluding steroid dienone is 1. The molecule has 0 saturated heterocycles. The molecular weight excluding hydrogens is 214 g/mol. The van der Waals surface area contributed by atoms with Crippen LogP contribution in [0.5, 0.6) is 0 Å². The fraction of sp³-hybridized carbons (Fsp3) is 0.357. The Bertz CT molecular complexity index is 430. The number of esters is 1. The van der Waals surface area contributed by atoms with Crippen LogP contribution >= 0.6 is 0 Å². The van der Waals surface area contributed by atoms with Gasteiger partial charge in [-0.2, -0.15) is 0 Å². The van der Waals surface area contributed by atoms with Crippen molar-refractivity contribution in [3.8, 4) is 0 Å². The van der Waals surface area contributed by atoms with Gasteiger partial charge < -0.3 is 9.64 Å². The largest absolute Gasteiger partial charge is 0.466 e. The van der Waals surface area contributed by atoms with E-state index >= 15 is 0 Å². The molecule has 0 aromatic heterocycles. The molecule has 0 bridgehead atoms. The van der Waals surface area contributed by atoms with Crippen LogP contribution in [-0.2, 0) is 9.53 Å². The zero-order valence-corrected chi connectivity index (χ0v) is 11.1. The summed E-state index contributed by atoms with van der Waals surface area (Å²) < 4.78 is 4.71. The fourth-order valence-electron chi connectivity index (χ4n) is 1.53. The third-order valence-electron chi connectivity index (χ3n) is 2.87. The van der Waals surface area contributed by atoms with Gasteiger partial charge >= 0.3 is 5.97 Å². The number of rotatable bonds is 3. The van der Waals surface area contributed by atoms with Crippen LogP contribution in [0.3, 0.4) is 0 Å². The Kier molecular flexibility index (Phi) is 4.32. The van der Waals surface area contributed by atoms with E-state index in [0.717, 1.165) is 16.8 Å². The van der Waals surface area contributed by atoms with Crippen LogP contribution in [0.1, 0.15) is 19.4 Å². The first kappa shape index (κ1) is 13.3. The maximum Gasteiger partial charge on any atom is 0.333 e. The molecule has 3 heteroatoms.